The number of ether oxygens (including phenoxy) is 1. The molecule has 1 N–H and O–H groups in total. The monoisotopic (exact) mass is 247 g/mol. The van der Waals surface area contributed by atoms with E-state index < -0.39 is 15.4 Å². The van der Waals surface area contributed by atoms with E-state index >= 15 is 0 Å². The number of hydrogen-bond donors (Lipinski definition) is 1. The second-order valence-electron chi connectivity index (χ2n) is 4.81. The molecule has 1 unspecified atom stereocenters. The summed E-state index contributed by atoms with van der Waals surface area (Å²) in [6.07, 6.45) is 1.57. The van der Waals surface area contributed by atoms with Crippen molar-refractivity contribution in [2.75, 3.05) is 18.1 Å². The van der Waals surface area contributed by atoms with Gasteiger partial charge in [0.25, 0.3) is 0 Å². The van der Waals surface area contributed by atoms with Gasteiger partial charge in [-0.3, -0.25) is 0 Å². The number of amides is 1. The fraction of sp³-hybridized carbons (Fsp3) is 0.900. The average molecular weight is 247 g/mol. The summed E-state index contributed by atoms with van der Waals surface area (Å²) in [5.74, 6) is 0.610. The summed E-state index contributed by atoms with van der Waals surface area (Å²) >= 11 is 0. The number of sulfone groups is 1. The highest BCUT2D eigenvalue weighted by Gasteiger charge is 2.42. The van der Waals surface area contributed by atoms with Gasteiger partial charge in [-0.1, -0.05) is 0 Å². The van der Waals surface area contributed by atoms with Gasteiger partial charge in [0.2, 0.25) is 0 Å². The van der Waals surface area contributed by atoms with E-state index in [0.29, 0.717) is 19.4 Å². The lowest BCUT2D eigenvalue weighted by atomic mass is 9.81. The molecule has 0 saturated carbocycles. The molecule has 0 spiro atoms. The van der Waals surface area contributed by atoms with Crippen molar-refractivity contribution in [2.24, 2.45) is 5.92 Å². The van der Waals surface area contributed by atoms with E-state index in [0.717, 1.165) is 6.42 Å². The van der Waals surface area contributed by atoms with Crippen molar-refractivity contribution in [3.63, 3.8) is 0 Å². The summed E-state index contributed by atoms with van der Waals surface area (Å²) in [6, 6.07) is 0. The first kappa shape index (κ1) is 11.7. The SMILES string of the molecule is CC1(C2CCS(=O)(=O)CC2)CCNC(=O)O1. The van der Waals surface area contributed by atoms with Gasteiger partial charge >= 0.3 is 6.09 Å². The minimum atomic E-state index is -2.85. The molecule has 2 saturated heterocycles. The molecule has 92 valence electrons. The zero-order valence-electron chi connectivity index (χ0n) is 9.36. The van der Waals surface area contributed by atoms with Crippen LogP contribution in [0.2, 0.25) is 0 Å². The van der Waals surface area contributed by atoms with Crippen LogP contribution < -0.4 is 5.32 Å². The molecule has 6 heteroatoms. The number of carbonyl (C=O) groups excluding carboxylic acids is 1. The van der Waals surface area contributed by atoms with Gasteiger partial charge < -0.3 is 10.1 Å². The molecule has 2 heterocycles. The van der Waals surface area contributed by atoms with E-state index in [1.54, 1.807) is 0 Å². The van der Waals surface area contributed by atoms with Crippen molar-refractivity contribution in [1.82, 2.24) is 5.32 Å². The number of hydrogen-bond acceptors (Lipinski definition) is 4. The Kier molecular flexibility index (Phi) is 2.86. The Morgan fingerprint density at radius 2 is 2.00 bits per heavy atom. The highest BCUT2D eigenvalue weighted by atomic mass is 32.2. The Morgan fingerprint density at radius 3 is 2.56 bits per heavy atom. The van der Waals surface area contributed by atoms with Crippen LogP contribution in [-0.2, 0) is 14.6 Å². The van der Waals surface area contributed by atoms with Crippen LogP contribution in [0.4, 0.5) is 4.79 Å². The Hall–Kier alpha value is -0.780. The minimum Gasteiger partial charge on any atom is -0.443 e. The molecule has 0 aromatic carbocycles. The molecule has 2 fully saturated rings. The van der Waals surface area contributed by atoms with E-state index in [1.165, 1.54) is 0 Å². The molecule has 2 aliphatic rings. The summed E-state index contributed by atoms with van der Waals surface area (Å²) in [5, 5.41) is 2.61. The number of alkyl carbamates (subject to hydrolysis) is 1. The molecule has 16 heavy (non-hydrogen) atoms. The lowest BCUT2D eigenvalue weighted by molar-refractivity contribution is -0.0448. The Balaban J connectivity index is 2.05. The van der Waals surface area contributed by atoms with Crippen molar-refractivity contribution in [3.05, 3.63) is 0 Å². The molecule has 0 bridgehead atoms. The molecule has 1 atom stereocenters. The van der Waals surface area contributed by atoms with E-state index in [4.69, 9.17) is 4.74 Å². The fourth-order valence-corrected chi connectivity index (χ4v) is 3.99. The lowest BCUT2D eigenvalue weighted by Gasteiger charge is -2.41. The van der Waals surface area contributed by atoms with Gasteiger partial charge in [0, 0.05) is 18.9 Å². The molecule has 5 nitrogen and oxygen atoms in total. The fourth-order valence-electron chi connectivity index (χ4n) is 2.50. The first-order chi connectivity index (χ1) is 7.41. The predicted octanol–water partition coefficient (Wildman–Crippen LogP) is 0.700. The number of cyclic esters (lactones) is 1. The Bertz CT molecular complexity index is 378. The van der Waals surface area contributed by atoms with Gasteiger partial charge in [-0.25, -0.2) is 13.2 Å². The first-order valence-corrected chi connectivity index (χ1v) is 7.41. The van der Waals surface area contributed by atoms with Crippen molar-refractivity contribution in [1.29, 1.82) is 0 Å². The molecule has 0 aliphatic carbocycles. The first-order valence-electron chi connectivity index (χ1n) is 5.59. The van der Waals surface area contributed by atoms with Crippen molar-refractivity contribution >= 4 is 15.9 Å². The topological polar surface area (TPSA) is 72.5 Å². The summed E-state index contributed by atoms with van der Waals surface area (Å²) in [5.41, 5.74) is -0.488. The second-order valence-corrected chi connectivity index (χ2v) is 7.11. The third-order valence-electron chi connectivity index (χ3n) is 3.63. The van der Waals surface area contributed by atoms with Gasteiger partial charge in [-0.05, 0) is 19.8 Å². The lowest BCUT2D eigenvalue weighted by Crippen LogP contribution is -2.51. The molecule has 1 amide bonds. The average Bonchev–Trinajstić information content (AvgIpc) is 2.16. The molecular weight excluding hydrogens is 230 g/mol. The maximum Gasteiger partial charge on any atom is 0.407 e. The van der Waals surface area contributed by atoms with Gasteiger partial charge in [0.1, 0.15) is 15.4 Å². The van der Waals surface area contributed by atoms with Crippen LogP contribution in [0, 0.1) is 5.92 Å². The summed E-state index contributed by atoms with van der Waals surface area (Å²) in [4.78, 5) is 11.2. The van der Waals surface area contributed by atoms with Crippen LogP contribution >= 0.6 is 0 Å². The summed E-state index contributed by atoms with van der Waals surface area (Å²) < 4.78 is 28.0. The quantitative estimate of drug-likeness (QED) is 0.740. The maximum absolute atomic E-state index is 11.3. The van der Waals surface area contributed by atoms with E-state index in [2.05, 4.69) is 5.32 Å². The zero-order chi connectivity index (χ0) is 11.8. The van der Waals surface area contributed by atoms with Gasteiger partial charge in [-0.2, -0.15) is 0 Å². The number of rotatable bonds is 1. The highest BCUT2D eigenvalue weighted by Crippen LogP contribution is 2.35. The standard InChI is InChI=1S/C10H17NO4S/c1-10(4-5-11-9(12)15-10)8-2-6-16(13,14)7-3-8/h8H,2-7H2,1H3,(H,11,12). The smallest absolute Gasteiger partial charge is 0.407 e. The number of nitrogens with one attached hydrogen (secondary N) is 1. The van der Waals surface area contributed by atoms with Gasteiger partial charge in [0.15, 0.2) is 0 Å². The number of carbonyl (C=O) groups is 1. The van der Waals surface area contributed by atoms with Crippen LogP contribution in [0.5, 0.6) is 0 Å². The third kappa shape index (κ3) is 2.31. The van der Waals surface area contributed by atoms with Crippen LogP contribution in [0.15, 0.2) is 0 Å². The molecule has 0 aromatic rings. The van der Waals surface area contributed by atoms with Crippen LogP contribution in [0.3, 0.4) is 0 Å². The maximum atomic E-state index is 11.3. The van der Waals surface area contributed by atoms with Gasteiger partial charge in [-0.15, -0.1) is 0 Å². The third-order valence-corrected chi connectivity index (χ3v) is 5.35. The minimum absolute atomic E-state index is 0.169. The Morgan fingerprint density at radius 1 is 1.38 bits per heavy atom. The van der Waals surface area contributed by atoms with E-state index in [1.807, 2.05) is 6.92 Å². The zero-order valence-corrected chi connectivity index (χ0v) is 10.2. The van der Waals surface area contributed by atoms with Crippen molar-refractivity contribution in [3.8, 4) is 0 Å². The molecule has 2 aliphatic heterocycles. The van der Waals surface area contributed by atoms with Crippen molar-refractivity contribution in [2.45, 2.75) is 31.8 Å². The van der Waals surface area contributed by atoms with Crippen molar-refractivity contribution < 1.29 is 17.9 Å². The Labute approximate surface area is 95.5 Å². The molecule has 0 radical (unpaired) electrons. The van der Waals surface area contributed by atoms with E-state index in [9.17, 15) is 13.2 Å². The largest absolute Gasteiger partial charge is 0.443 e. The van der Waals surface area contributed by atoms with Crippen LogP contribution in [-0.4, -0.2) is 38.2 Å². The molecular formula is C10H17NO4S. The van der Waals surface area contributed by atoms with Crippen LogP contribution in [0.25, 0.3) is 0 Å². The summed E-state index contributed by atoms with van der Waals surface area (Å²) in [7, 11) is -2.85. The van der Waals surface area contributed by atoms with Gasteiger partial charge in [0.05, 0.1) is 11.5 Å². The van der Waals surface area contributed by atoms with E-state index in [-0.39, 0.29) is 23.5 Å². The normalized spacial score (nSPS) is 35.2. The highest BCUT2D eigenvalue weighted by molar-refractivity contribution is 7.91. The molecule has 0 aromatic heterocycles. The summed E-state index contributed by atoms with van der Waals surface area (Å²) in [6.45, 7) is 2.52. The molecule has 2 rings (SSSR count). The van der Waals surface area contributed by atoms with Crippen LogP contribution in [0.1, 0.15) is 26.2 Å². The predicted molar refractivity (Wildman–Crippen MR) is 58.9 cm³/mol. The second kappa shape index (κ2) is 3.91.